The van der Waals surface area contributed by atoms with Crippen LogP contribution in [0.5, 0.6) is 0 Å². The molecule has 1 unspecified atom stereocenters. The number of ether oxygens (including phenoxy) is 2. The first kappa shape index (κ1) is 60.5. The highest BCUT2D eigenvalue weighted by Crippen LogP contribution is 2.43. The highest BCUT2D eigenvalue weighted by molar-refractivity contribution is 7.47. The molecule has 0 amide bonds. The summed E-state index contributed by atoms with van der Waals surface area (Å²) in [6.07, 6.45) is 38.2. The predicted molar refractivity (Wildman–Crippen MR) is 246 cm³/mol. The number of hydrogen-bond acceptors (Lipinski definition) is 12. The summed E-state index contributed by atoms with van der Waals surface area (Å²) in [5.74, 6) is -1.20. The molecule has 15 nitrogen and oxygen atoms in total. The first-order valence-corrected chi connectivity index (χ1v) is 25.9. The Morgan fingerprint density at radius 2 is 1.03 bits per heavy atom. The Bertz CT molecular complexity index is 1420. The van der Waals surface area contributed by atoms with Crippen molar-refractivity contribution >= 4 is 27.6 Å². The zero-order chi connectivity index (χ0) is 46.9. The summed E-state index contributed by atoms with van der Waals surface area (Å²) in [4.78, 5) is 52.7. The normalized spacial score (nSPS) is 15.6. The summed E-state index contributed by atoms with van der Waals surface area (Å²) in [7, 11) is -9.75. The molecular weight excluding hydrogens is 854 g/mol. The van der Waals surface area contributed by atoms with Crippen LogP contribution in [0, 0.1) is 0 Å². The van der Waals surface area contributed by atoms with E-state index >= 15 is 0 Å². The molecule has 5 atom stereocenters. The Morgan fingerprint density at radius 1 is 0.540 bits per heavy atom. The van der Waals surface area contributed by atoms with Gasteiger partial charge < -0.3 is 39.5 Å². The Kier molecular flexibility index (Phi) is 39.3. The minimum Gasteiger partial charge on any atom is -0.462 e. The molecule has 0 aliphatic rings. The van der Waals surface area contributed by atoms with Gasteiger partial charge in [-0.1, -0.05) is 177 Å². The molecule has 0 heterocycles. The molecule has 0 aromatic carbocycles. The van der Waals surface area contributed by atoms with Gasteiger partial charge in [0, 0.05) is 12.8 Å². The Hall–Kier alpha value is -2.52. The van der Waals surface area contributed by atoms with Gasteiger partial charge in [0.1, 0.15) is 12.7 Å². The monoisotopic (exact) mass is 934 g/mol. The van der Waals surface area contributed by atoms with Crippen LogP contribution in [0.15, 0.2) is 72.9 Å². The van der Waals surface area contributed by atoms with E-state index in [2.05, 4.69) is 16.0 Å². The summed E-state index contributed by atoms with van der Waals surface area (Å²) in [6.45, 7) is 1.37. The highest BCUT2D eigenvalue weighted by atomic mass is 31.2. The van der Waals surface area contributed by atoms with Crippen molar-refractivity contribution in [2.45, 2.75) is 180 Å². The minimum atomic E-state index is -4.89. The van der Waals surface area contributed by atoms with Gasteiger partial charge in [-0.25, -0.2) is 9.13 Å². The summed E-state index contributed by atoms with van der Waals surface area (Å²) in [5, 5.41) is 29.7. The number of allylic oxidation sites excluding steroid dienone is 8. The number of rotatable bonds is 42. The van der Waals surface area contributed by atoms with Gasteiger partial charge in [0.2, 0.25) is 0 Å². The molecule has 0 bridgehead atoms. The molecule has 0 saturated carbocycles. The maximum Gasteiger partial charge on any atom is 0.472 e. The Balaban J connectivity index is 4.73. The van der Waals surface area contributed by atoms with Crippen molar-refractivity contribution in [3.8, 4) is 0 Å². The van der Waals surface area contributed by atoms with Crippen molar-refractivity contribution in [1.29, 1.82) is 0 Å². The fourth-order valence-corrected chi connectivity index (χ4v) is 6.94. The van der Waals surface area contributed by atoms with Crippen LogP contribution in [-0.2, 0) is 41.8 Å². The van der Waals surface area contributed by atoms with Crippen LogP contribution in [0.1, 0.15) is 155 Å². The third-order valence-electron chi connectivity index (χ3n) is 9.28. The zero-order valence-electron chi connectivity index (χ0n) is 37.9. The topological polar surface area (TPSA) is 236 Å². The van der Waals surface area contributed by atoms with Crippen molar-refractivity contribution in [2.75, 3.05) is 26.4 Å². The third kappa shape index (κ3) is 44.5. The van der Waals surface area contributed by atoms with E-state index in [-0.39, 0.29) is 12.8 Å². The quantitative estimate of drug-likeness (QED) is 0.0110. The average Bonchev–Trinajstić information content (AvgIpc) is 3.23. The van der Waals surface area contributed by atoms with Crippen LogP contribution in [0.2, 0.25) is 0 Å². The Morgan fingerprint density at radius 3 is 1.57 bits per heavy atom. The second-order valence-corrected chi connectivity index (χ2v) is 18.0. The average molecular weight is 935 g/mol. The standard InChI is InChI=1S/C46H80O15P2/c1-3-5-7-8-9-10-11-12-13-14-15-16-17-21-29-35-45(50)57-39-44(40-60-63(55,56)59-38-43(49)37-58-62(52,53)54)61-46(51)36-30-22-19-18-20-26-32-42(48)34-28-24-23-27-33-41(47)31-25-6-4-2/h6,19-20,22-28,33-34,41-44,47-49H,3-5,7-18,21,29-32,35-40H2,1-2H3,(H,55,56)(H2,52,53,54)/b22-19-,24-23-,25-6-,26-20-,33-27+,34-28+/t41-,42+,43-,44+/m0/s1. The summed E-state index contributed by atoms with van der Waals surface area (Å²) >= 11 is 0. The highest BCUT2D eigenvalue weighted by Gasteiger charge is 2.28. The number of esters is 2. The number of aliphatic hydroxyl groups excluding tert-OH is 3. The van der Waals surface area contributed by atoms with Gasteiger partial charge in [-0.05, 0) is 38.5 Å². The van der Waals surface area contributed by atoms with Gasteiger partial charge >= 0.3 is 27.6 Å². The van der Waals surface area contributed by atoms with E-state index in [1.54, 1.807) is 42.5 Å². The van der Waals surface area contributed by atoms with E-state index in [0.717, 1.165) is 25.7 Å². The summed E-state index contributed by atoms with van der Waals surface area (Å²) in [5.41, 5.74) is 0. The largest absolute Gasteiger partial charge is 0.472 e. The lowest BCUT2D eigenvalue weighted by Gasteiger charge is -2.20. The number of carbonyl (C=O) groups is 2. The predicted octanol–water partition coefficient (Wildman–Crippen LogP) is 9.73. The van der Waals surface area contributed by atoms with E-state index in [4.69, 9.17) is 23.8 Å². The van der Waals surface area contributed by atoms with Crippen molar-refractivity contribution in [1.82, 2.24) is 0 Å². The second-order valence-electron chi connectivity index (χ2n) is 15.4. The molecule has 0 fully saturated rings. The Labute approximate surface area is 377 Å². The first-order chi connectivity index (χ1) is 30.2. The molecular formula is C46H80O15P2. The third-order valence-corrected chi connectivity index (χ3v) is 10.7. The van der Waals surface area contributed by atoms with Gasteiger partial charge in [-0.3, -0.25) is 23.2 Å². The molecule has 0 saturated heterocycles. The lowest BCUT2D eigenvalue weighted by atomic mass is 10.0. The molecule has 0 radical (unpaired) electrons. The molecule has 0 rings (SSSR count). The van der Waals surface area contributed by atoms with E-state index in [1.165, 1.54) is 70.6 Å². The SMILES string of the molecule is CC/C=C\C[C@H](O)/C=C/C=C\C=C\[C@H](O)C/C=C\C/C=C\CCC(=O)O[C@H](COC(=O)CCCCCCCCCCCCCCCCC)COP(=O)(O)OC[C@@H](O)COP(=O)(O)O. The maximum absolute atomic E-state index is 12.7. The number of phosphoric acid groups is 2. The van der Waals surface area contributed by atoms with Crippen molar-refractivity contribution in [2.24, 2.45) is 0 Å². The van der Waals surface area contributed by atoms with E-state index in [1.807, 2.05) is 37.3 Å². The molecule has 0 spiro atoms. The lowest BCUT2D eigenvalue weighted by molar-refractivity contribution is -0.161. The fourth-order valence-electron chi connectivity index (χ4n) is 5.78. The van der Waals surface area contributed by atoms with Crippen LogP contribution in [0.4, 0.5) is 0 Å². The molecule has 0 aliphatic carbocycles. The number of phosphoric ester groups is 2. The van der Waals surface area contributed by atoms with Gasteiger partial charge in [0.25, 0.3) is 0 Å². The number of unbranched alkanes of at least 4 members (excludes halogenated alkanes) is 14. The number of hydrogen-bond donors (Lipinski definition) is 6. The van der Waals surface area contributed by atoms with Crippen molar-refractivity contribution < 1.29 is 71.8 Å². The second kappa shape index (κ2) is 40.9. The fraction of sp³-hybridized carbons (Fsp3) is 0.696. The summed E-state index contributed by atoms with van der Waals surface area (Å²) in [6, 6.07) is 0. The van der Waals surface area contributed by atoms with E-state index < -0.39 is 78.4 Å². The number of carbonyl (C=O) groups excluding carboxylic acids is 2. The van der Waals surface area contributed by atoms with Crippen molar-refractivity contribution in [3.05, 3.63) is 72.9 Å². The van der Waals surface area contributed by atoms with Crippen LogP contribution in [0.3, 0.4) is 0 Å². The van der Waals surface area contributed by atoms with Crippen LogP contribution >= 0.6 is 15.6 Å². The van der Waals surface area contributed by atoms with Gasteiger partial charge in [0.15, 0.2) is 6.10 Å². The smallest absolute Gasteiger partial charge is 0.462 e. The van der Waals surface area contributed by atoms with E-state index in [9.17, 15) is 38.9 Å². The van der Waals surface area contributed by atoms with Crippen molar-refractivity contribution in [3.63, 3.8) is 0 Å². The van der Waals surface area contributed by atoms with Gasteiger partial charge in [0.05, 0.1) is 32.0 Å². The lowest BCUT2D eigenvalue weighted by Crippen LogP contribution is -2.29. The molecule has 63 heavy (non-hydrogen) atoms. The van der Waals surface area contributed by atoms with Gasteiger partial charge in [-0.15, -0.1) is 0 Å². The molecule has 0 aromatic rings. The van der Waals surface area contributed by atoms with Gasteiger partial charge in [-0.2, -0.15) is 0 Å². The summed E-state index contributed by atoms with van der Waals surface area (Å²) < 4.78 is 47.7. The molecule has 17 heteroatoms. The molecule has 0 aromatic heterocycles. The maximum atomic E-state index is 12.7. The first-order valence-electron chi connectivity index (χ1n) is 22.8. The van der Waals surface area contributed by atoms with Crippen LogP contribution in [-0.4, -0.2) is 92.8 Å². The van der Waals surface area contributed by atoms with Crippen LogP contribution in [0.25, 0.3) is 0 Å². The molecule has 364 valence electrons. The van der Waals surface area contributed by atoms with Crippen LogP contribution < -0.4 is 0 Å². The number of aliphatic hydroxyl groups is 3. The minimum absolute atomic E-state index is 0.0517. The van der Waals surface area contributed by atoms with E-state index in [0.29, 0.717) is 32.1 Å². The molecule has 0 aliphatic heterocycles. The zero-order valence-corrected chi connectivity index (χ0v) is 39.7. The molecule has 6 N–H and O–H groups in total.